The zero-order chi connectivity index (χ0) is 11.6. The van der Waals surface area contributed by atoms with E-state index >= 15 is 0 Å². The van der Waals surface area contributed by atoms with E-state index in [4.69, 9.17) is 4.74 Å². The van der Waals surface area contributed by atoms with Crippen LogP contribution >= 0.6 is 0 Å². The van der Waals surface area contributed by atoms with Gasteiger partial charge in [0.1, 0.15) is 0 Å². The van der Waals surface area contributed by atoms with Crippen molar-refractivity contribution in [1.82, 2.24) is 5.06 Å². The summed E-state index contributed by atoms with van der Waals surface area (Å²) in [6, 6.07) is 0. The minimum absolute atomic E-state index is 0.0354. The highest BCUT2D eigenvalue weighted by Gasteiger charge is 2.19. The van der Waals surface area contributed by atoms with Crippen molar-refractivity contribution in [1.29, 1.82) is 0 Å². The van der Waals surface area contributed by atoms with E-state index in [-0.39, 0.29) is 17.2 Å². The van der Waals surface area contributed by atoms with Crippen LogP contribution in [0.1, 0.15) is 48.5 Å². The highest BCUT2D eigenvalue weighted by Crippen LogP contribution is 2.15. The van der Waals surface area contributed by atoms with Crippen LogP contribution in [0.25, 0.3) is 0 Å². The van der Waals surface area contributed by atoms with Crippen LogP contribution < -0.4 is 0 Å². The first-order chi connectivity index (χ1) is 6.02. The van der Waals surface area contributed by atoms with Crippen LogP contribution in [0, 0.1) is 5.21 Å². The molecule has 3 heteroatoms. The lowest BCUT2D eigenvalue weighted by molar-refractivity contribution is -0.0652. The Kier molecular flexibility index (Phi) is 4.56. The molecule has 0 bridgehead atoms. The van der Waals surface area contributed by atoms with Crippen LogP contribution in [-0.2, 0) is 4.74 Å². The molecule has 0 aromatic rings. The van der Waals surface area contributed by atoms with Crippen LogP contribution in [0.5, 0.6) is 0 Å². The highest BCUT2D eigenvalue weighted by atomic mass is 16.5. The molecule has 0 amide bonds. The molecule has 0 aromatic heterocycles. The van der Waals surface area contributed by atoms with Gasteiger partial charge in [0.05, 0.1) is 11.7 Å². The average molecular weight is 202 g/mol. The van der Waals surface area contributed by atoms with Crippen molar-refractivity contribution < 1.29 is 4.74 Å². The van der Waals surface area contributed by atoms with E-state index in [9.17, 15) is 5.21 Å². The Morgan fingerprint density at radius 2 is 1.57 bits per heavy atom. The third-order valence-electron chi connectivity index (χ3n) is 1.73. The minimum atomic E-state index is -0.338. The average Bonchev–Trinajstić information content (AvgIpc) is 1.79. The maximum absolute atomic E-state index is 11.6. The van der Waals surface area contributed by atoms with E-state index in [1.165, 1.54) is 0 Å². The van der Waals surface area contributed by atoms with Crippen LogP contribution in [0.15, 0.2) is 0 Å². The summed E-state index contributed by atoms with van der Waals surface area (Å²) >= 11 is 0. The summed E-state index contributed by atoms with van der Waals surface area (Å²) in [5.41, 5.74) is -0.520. The van der Waals surface area contributed by atoms with E-state index in [1.54, 1.807) is 0 Å². The third kappa shape index (κ3) is 6.35. The summed E-state index contributed by atoms with van der Waals surface area (Å²) < 4.78 is 5.66. The van der Waals surface area contributed by atoms with Gasteiger partial charge >= 0.3 is 0 Å². The standard InChI is InChI=1S/C11H24NO2/c1-9(14-11(5,6)7)8-12(13)10(2,3)4/h9H,8H2,1-7H3/q-1. The minimum Gasteiger partial charge on any atom is -0.785 e. The predicted octanol–water partition coefficient (Wildman–Crippen LogP) is 2.79. The lowest BCUT2D eigenvalue weighted by Gasteiger charge is -2.43. The molecule has 0 aliphatic rings. The van der Waals surface area contributed by atoms with Crippen molar-refractivity contribution in [3.63, 3.8) is 0 Å². The first-order valence-corrected chi connectivity index (χ1v) is 5.15. The Morgan fingerprint density at radius 3 is 1.86 bits per heavy atom. The Hall–Kier alpha value is -0.120. The van der Waals surface area contributed by atoms with Gasteiger partial charge in [-0.3, -0.25) is 0 Å². The van der Waals surface area contributed by atoms with Gasteiger partial charge in [-0.2, -0.15) is 0 Å². The Labute approximate surface area is 88.0 Å². The van der Waals surface area contributed by atoms with E-state index in [0.717, 1.165) is 5.06 Å². The molecule has 0 saturated heterocycles. The van der Waals surface area contributed by atoms with Gasteiger partial charge in [-0.1, -0.05) is 0 Å². The molecule has 1 atom stereocenters. The Balaban J connectivity index is 4.01. The van der Waals surface area contributed by atoms with Gasteiger partial charge in [-0.15, -0.1) is 0 Å². The van der Waals surface area contributed by atoms with E-state index in [0.29, 0.717) is 6.54 Å². The Bertz CT molecular complexity index is 167. The van der Waals surface area contributed by atoms with Gasteiger partial charge in [0.15, 0.2) is 0 Å². The molecule has 0 N–H and O–H groups in total. The molecule has 0 radical (unpaired) electrons. The predicted molar refractivity (Wildman–Crippen MR) is 60.1 cm³/mol. The molecule has 0 aromatic carbocycles. The molecule has 14 heavy (non-hydrogen) atoms. The molecule has 0 saturated carbocycles. The van der Waals surface area contributed by atoms with E-state index in [2.05, 4.69) is 0 Å². The van der Waals surface area contributed by atoms with Gasteiger partial charge in [-0.05, 0) is 48.5 Å². The fourth-order valence-electron chi connectivity index (χ4n) is 1.15. The summed E-state index contributed by atoms with van der Waals surface area (Å²) in [4.78, 5) is 0. The zero-order valence-electron chi connectivity index (χ0n) is 10.5. The molecule has 0 spiro atoms. The van der Waals surface area contributed by atoms with Crippen molar-refractivity contribution in [3.05, 3.63) is 5.21 Å². The molecular formula is C11H24NO2-. The quantitative estimate of drug-likeness (QED) is 0.660. The number of hydrogen-bond donors (Lipinski definition) is 0. The van der Waals surface area contributed by atoms with Gasteiger partial charge < -0.3 is 15.0 Å². The fraction of sp³-hybridized carbons (Fsp3) is 1.00. The second kappa shape index (κ2) is 4.60. The monoisotopic (exact) mass is 202 g/mol. The summed E-state index contributed by atoms with van der Waals surface area (Å²) in [7, 11) is 0. The van der Waals surface area contributed by atoms with Gasteiger partial charge in [-0.25, -0.2) is 0 Å². The van der Waals surface area contributed by atoms with Gasteiger partial charge in [0.2, 0.25) is 0 Å². The first kappa shape index (κ1) is 13.9. The number of ether oxygens (including phenoxy) is 1. The molecule has 1 unspecified atom stereocenters. The zero-order valence-corrected chi connectivity index (χ0v) is 10.5. The SMILES string of the molecule is CC(CN([O-])C(C)(C)C)OC(C)(C)C. The van der Waals surface area contributed by atoms with Gasteiger partial charge in [0, 0.05) is 12.1 Å². The van der Waals surface area contributed by atoms with Crippen molar-refractivity contribution in [3.8, 4) is 0 Å². The number of rotatable bonds is 3. The summed E-state index contributed by atoms with van der Waals surface area (Å²) in [6.45, 7) is 14.1. The number of hydroxylamine groups is 2. The molecule has 3 nitrogen and oxygen atoms in total. The third-order valence-corrected chi connectivity index (χ3v) is 1.73. The molecule has 0 rings (SSSR count). The number of nitrogens with zero attached hydrogens (tertiary/aromatic N) is 1. The largest absolute Gasteiger partial charge is 0.785 e. The van der Waals surface area contributed by atoms with E-state index < -0.39 is 0 Å². The maximum atomic E-state index is 11.6. The molecule has 86 valence electrons. The molecular weight excluding hydrogens is 178 g/mol. The second-order valence-corrected chi connectivity index (χ2v) is 5.77. The van der Waals surface area contributed by atoms with Crippen LogP contribution in [0.4, 0.5) is 0 Å². The lowest BCUT2D eigenvalue weighted by Crippen LogP contribution is -2.42. The molecule has 0 aliphatic carbocycles. The van der Waals surface area contributed by atoms with Crippen LogP contribution in [0.3, 0.4) is 0 Å². The van der Waals surface area contributed by atoms with Crippen molar-refractivity contribution >= 4 is 0 Å². The smallest absolute Gasteiger partial charge is 0.0671 e. The topological polar surface area (TPSA) is 35.5 Å². The Morgan fingerprint density at radius 1 is 1.14 bits per heavy atom. The molecule has 0 fully saturated rings. The van der Waals surface area contributed by atoms with Crippen LogP contribution in [0.2, 0.25) is 0 Å². The normalized spacial score (nSPS) is 16.1. The molecule has 0 heterocycles. The van der Waals surface area contributed by atoms with Crippen molar-refractivity contribution in [2.45, 2.75) is 65.7 Å². The molecule has 0 aliphatic heterocycles. The van der Waals surface area contributed by atoms with E-state index in [1.807, 2.05) is 48.5 Å². The van der Waals surface area contributed by atoms with Crippen molar-refractivity contribution in [2.24, 2.45) is 0 Å². The lowest BCUT2D eigenvalue weighted by atomic mass is 10.1. The summed E-state index contributed by atoms with van der Waals surface area (Å²) in [6.07, 6.45) is -0.0354. The fourth-order valence-corrected chi connectivity index (χ4v) is 1.15. The second-order valence-electron chi connectivity index (χ2n) is 5.77. The summed E-state index contributed by atoms with van der Waals surface area (Å²) in [5, 5.41) is 12.7. The van der Waals surface area contributed by atoms with Gasteiger partial charge in [0.25, 0.3) is 0 Å². The maximum Gasteiger partial charge on any atom is 0.0671 e. The first-order valence-electron chi connectivity index (χ1n) is 5.15. The summed E-state index contributed by atoms with van der Waals surface area (Å²) in [5.74, 6) is 0. The highest BCUT2D eigenvalue weighted by molar-refractivity contribution is 4.78. The number of hydrogen-bond acceptors (Lipinski definition) is 3. The van der Waals surface area contributed by atoms with Crippen molar-refractivity contribution in [2.75, 3.05) is 6.54 Å². The van der Waals surface area contributed by atoms with Crippen LogP contribution in [-0.4, -0.2) is 28.9 Å².